The molecule has 2 rings (SSSR count). The van der Waals surface area contributed by atoms with Crippen molar-refractivity contribution in [3.8, 4) is 0 Å². The second-order valence-corrected chi connectivity index (χ2v) is 3.17. The van der Waals surface area contributed by atoms with Crippen LogP contribution in [0.4, 0.5) is 0 Å². The molecule has 1 saturated heterocycles. The zero-order chi connectivity index (χ0) is 9.10. The molecule has 0 bridgehead atoms. The number of hydrogen-bond acceptors (Lipinski definition) is 4. The van der Waals surface area contributed by atoms with Gasteiger partial charge in [-0.05, 0) is 12.1 Å². The molecule has 0 saturated carbocycles. The van der Waals surface area contributed by atoms with Crippen LogP contribution in [0, 0.1) is 0 Å². The van der Waals surface area contributed by atoms with Crippen LogP contribution >= 0.6 is 0 Å². The van der Waals surface area contributed by atoms with Crippen LogP contribution in [0.2, 0.25) is 0 Å². The van der Waals surface area contributed by atoms with Crippen molar-refractivity contribution in [3.05, 3.63) is 24.2 Å². The highest BCUT2D eigenvalue weighted by atomic mass is 16.5. The van der Waals surface area contributed by atoms with Gasteiger partial charge in [-0.1, -0.05) is 0 Å². The van der Waals surface area contributed by atoms with E-state index in [9.17, 15) is 5.11 Å². The molecule has 4 heteroatoms. The fourth-order valence-electron chi connectivity index (χ4n) is 1.21. The van der Waals surface area contributed by atoms with Crippen LogP contribution in [-0.4, -0.2) is 30.9 Å². The number of hydrogen-bond donors (Lipinski definition) is 2. The summed E-state index contributed by atoms with van der Waals surface area (Å²) in [6.07, 6.45) is 1.00. The van der Waals surface area contributed by atoms with Gasteiger partial charge in [-0.2, -0.15) is 0 Å². The zero-order valence-corrected chi connectivity index (χ0v) is 7.27. The van der Waals surface area contributed by atoms with Crippen molar-refractivity contribution in [2.75, 3.05) is 19.8 Å². The van der Waals surface area contributed by atoms with Gasteiger partial charge in [-0.25, -0.2) is 0 Å². The number of rotatable bonds is 4. The quantitative estimate of drug-likeness (QED) is 0.705. The first-order valence-corrected chi connectivity index (χ1v) is 4.39. The number of ether oxygens (including phenoxy) is 1. The topological polar surface area (TPSA) is 54.6 Å². The van der Waals surface area contributed by atoms with E-state index < -0.39 is 6.10 Å². The van der Waals surface area contributed by atoms with E-state index in [0.29, 0.717) is 18.3 Å². The van der Waals surface area contributed by atoms with Gasteiger partial charge in [-0.15, -0.1) is 0 Å². The van der Waals surface area contributed by atoms with E-state index in [1.54, 1.807) is 18.4 Å². The SMILES string of the molecule is OC(CNC1COC1)c1ccco1. The Hall–Kier alpha value is -0.840. The van der Waals surface area contributed by atoms with Crippen molar-refractivity contribution in [3.63, 3.8) is 0 Å². The van der Waals surface area contributed by atoms with E-state index in [4.69, 9.17) is 9.15 Å². The van der Waals surface area contributed by atoms with Gasteiger partial charge in [0.15, 0.2) is 0 Å². The van der Waals surface area contributed by atoms with Crippen LogP contribution in [-0.2, 0) is 4.74 Å². The van der Waals surface area contributed by atoms with Crippen LogP contribution < -0.4 is 5.32 Å². The van der Waals surface area contributed by atoms with Crippen molar-refractivity contribution >= 4 is 0 Å². The largest absolute Gasteiger partial charge is 0.467 e. The van der Waals surface area contributed by atoms with E-state index in [-0.39, 0.29) is 0 Å². The van der Waals surface area contributed by atoms with Crippen LogP contribution in [0.5, 0.6) is 0 Å². The Kier molecular flexibility index (Phi) is 2.63. The Morgan fingerprint density at radius 3 is 3.00 bits per heavy atom. The Balaban J connectivity index is 1.74. The molecule has 13 heavy (non-hydrogen) atoms. The lowest BCUT2D eigenvalue weighted by Crippen LogP contribution is -2.47. The van der Waals surface area contributed by atoms with Crippen LogP contribution in [0.15, 0.2) is 22.8 Å². The van der Waals surface area contributed by atoms with Crippen molar-refractivity contribution in [1.29, 1.82) is 0 Å². The van der Waals surface area contributed by atoms with Gasteiger partial charge in [0.25, 0.3) is 0 Å². The van der Waals surface area contributed by atoms with E-state index in [1.807, 2.05) is 0 Å². The molecule has 1 aromatic heterocycles. The van der Waals surface area contributed by atoms with E-state index in [2.05, 4.69) is 5.32 Å². The molecular weight excluding hydrogens is 170 g/mol. The molecule has 72 valence electrons. The fourth-order valence-corrected chi connectivity index (χ4v) is 1.21. The molecule has 0 radical (unpaired) electrons. The van der Waals surface area contributed by atoms with Crippen LogP contribution in [0.1, 0.15) is 11.9 Å². The van der Waals surface area contributed by atoms with E-state index in [1.165, 1.54) is 0 Å². The fraction of sp³-hybridized carbons (Fsp3) is 0.556. The van der Waals surface area contributed by atoms with E-state index >= 15 is 0 Å². The highest BCUT2D eigenvalue weighted by Crippen LogP contribution is 2.12. The molecule has 2 heterocycles. The maximum atomic E-state index is 9.58. The standard InChI is InChI=1S/C9H13NO3/c11-8(9-2-1-3-13-9)4-10-7-5-12-6-7/h1-3,7-8,10-11H,4-6H2. The summed E-state index contributed by atoms with van der Waals surface area (Å²) >= 11 is 0. The lowest BCUT2D eigenvalue weighted by Gasteiger charge is -2.27. The van der Waals surface area contributed by atoms with Crippen LogP contribution in [0.25, 0.3) is 0 Å². The lowest BCUT2D eigenvalue weighted by molar-refractivity contribution is -0.0107. The molecule has 1 atom stereocenters. The molecule has 1 aliphatic heterocycles. The van der Waals surface area contributed by atoms with E-state index in [0.717, 1.165) is 13.2 Å². The normalized spacial score (nSPS) is 19.8. The predicted octanol–water partition coefficient (Wildman–Crippen LogP) is 0.301. The Labute approximate surface area is 76.5 Å². The average molecular weight is 183 g/mol. The molecule has 0 spiro atoms. The minimum Gasteiger partial charge on any atom is -0.467 e. The molecule has 0 aliphatic carbocycles. The van der Waals surface area contributed by atoms with Gasteiger partial charge >= 0.3 is 0 Å². The molecule has 4 nitrogen and oxygen atoms in total. The second-order valence-electron chi connectivity index (χ2n) is 3.17. The van der Waals surface area contributed by atoms with Crippen molar-refractivity contribution in [2.24, 2.45) is 0 Å². The third-order valence-corrected chi connectivity index (χ3v) is 2.11. The highest BCUT2D eigenvalue weighted by molar-refractivity contribution is 5.02. The van der Waals surface area contributed by atoms with Gasteiger partial charge in [0.2, 0.25) is 0 Å². The Bertz CT molecular complexity index is 243. The van der Waals surface area contributed by atoms with Gasteiger partial charge in [0, 0.05) is 6.54 Å². The summed E-state index contributed by atoms with van der Waals surface area (Å²) in [5.41, 5.74) is 0. The smallest absolute Gasteiger partial charge is 0.133 e. The first-order chi connectivity index (χ1) is 6.36. The highest BCUT2D eigenvalue weighted by Gasteiger charge is 2.19. The van der Waals surface area contributed by atoms with Gasteiger partial charge < -0.3 is 19.6 Å². The van der Waals surface area contributed by atoms with Crippen LogP contribution in [0.3, 0.4) is 0 Å². The maximum Gasteiger partial charge on any atom is 0.133 e. The molecule has 1 aliphatic rings. The third kappa shape index (κ3) is 2.09. The minimum atomic E-state index is -0.560. The minimum absolute atomic E-state index is 0.393. The summed E-state index contributed by atoms with van der Waals surface area (Å²) < 4.78 is 10.0. The molecule has 1 unspecified atom stereocenters. The first-order valence-electron chi connectivity index (χ1n) is 4.39. The Morgan fingerprint density at radius 2 is 2.46 bits per heavy atom. The summed E-state index contributed by atoms with van der Waals surface area (Å²) in [6.45, 7) is 2.00. The third-order valence-electron chi connectivity index (χ3n) is 2.11. The monoisotopic (exact) mass is 183 g/mol. The molecule has 1 aromatic rings. The number of nitrogens with one attached hydrogen (secondary N) is 1. The zero-order valence-electron chi connectivity index (χ0n) is 7.27. The van der Waals surface area contributed by atoms with Crippen molar-refractivity contribution in [2.45, 2.75) is 12.1 Å². The van der Waals surface area contributed by atoms with Gasteiger partial charge in [0.05, 0.1) is 25.5 Å². The maximum absolute atomic E-state index is 9.58. The van der Waals surface area contributed by atoms with Crippen molar-refractivity contribution in [1.82, 2.24) is 5.32 Å². The first kappa shape index (κ1) is 8.74. The van der Waals surface area contributed by atoms with Crippen molar-refractivity contribution < 1.29 is 14.3 Å². The second kappa shape index (κ2) is 3.91. The summed E-state index contributed by atoms with van der Waals surface area (Å²) in [5.74, 6) is 0.604. The number of furan rings is 1. The van der Waals surface area contributed by atoms with Gasteiger partial charge in [-0.3, -0.25) is 0 Å². The van der Waals surface area contributed by atoms with Gasteiger partial charge in [0.1, 0.15) is 11.9 Å². The average Bonchev–Trinajstić information content (AvgIpc) is 2.52. The molecule has 0 amide bonds. The summed E-state index contributed by atoms with van der Waals surface area (Å²) in [7, 11) is 0. The predicted molar refractivity (Wildman–Crippen MR) is 46.3 cm³/mol. The molecule has 2 N–H and O–H groups in total. The Morgan fingerprint density at radius 1 is 1.62 bits per heavy atom. The molecule has 0 aromatic carbocycles. The summed E-state index contributed by atoms with van der Waals surface area (Å²) in [6, 6.07) is 3.93. The summed E-state index contributed by atoms with van der Waals surface area (Å²) in [5, 5.41) is 12.8. The lowest BCUT2D eigenvalue weighted by atomic mass is 10.2. The number of aliphatic hydroxyl groups is 1. The molecule has 1 fully saturated rings. The number of aliphatic hydroxyl groups excluding tert-OH is 1. The molecular formula is C9H13NO3. The summed E-state index contributed by atoms with van der Waals surface area (Å²) in [4.78, 5) is 0.